The van der Waals surface area contributed by atoms with Crippen molar-refractivity contribution in [3.05, 3.63) is 83.1 Å². The molecular formula is C33H40N4O7. The second-order valence-electron chi connectivity index (χ2n) is 11.4. The summed E-state index contributed by atoms with van der Waals surface area (Å²) in [6.45, 7) is 5.42. The van der Waals surface area contributed by atoms with E-state index in [4.69, 9.17) is 9.47 Å². The van der Waals surface area contributed by atoms with Gasteiger partial charge in [-0.1, -0.05) is 74.5 Å². The van der Waals surface area contributed by atoms with Crippen molar-refractivity contribution in [3.8, 4) is 0 Å². The van der Waals surface area contributed by atoms with Crippen LogP contribution in [0.3, 0.4) is 0 Å². The normalized spacial score (nSPS) is 19.1. The highest BCUT2D eigenvalue weighted by atomic mass is 16.5. The van der Waals surface area contributed by atoms with Crippen LogP contribution in [-0.2, 0) is 41.7 Å². The summed E-state index contributed by atoms with van der Waals surface area (Å²) in [6.07, 6.45) is 0.985. The molecule has 0 aromatic heterocycles. The third-order valence-corrected chi connectivity index (χ3v) is 8.00. The number of benzene rings is 2. The molecule has 4 rings (SSSR count). The second-order valence-corrected chi connectivity index (χ2v) is 11.4. The molecule has 4 atom stereocenters. The van der Waals surface area contributed by atoms with E-state index in [0.29, 0.717) is 19.3 Å². The van der Waals surface area contributed by atoms with Gasteiger partial charge in [0.05, 0.1) is 7.11 Å². The highest BCUT2D eigenvalue weighted by Gasteiger charge is 2.47. The number of hydrogen-bond donors (Lipinski definition) is 3. The number of ether oxygens (including phenoxy) is 2. The van der Waals surface area contributed by atoms with Crippen LogP contribution in [-0.4, -0.2) is 66.0 Å². The quantitative estimate of drug-likeness (QED) is 0.335. The lowest BCUT2D eigenvalue weighted by Gasteiger charge is -2.37. The van der Waals surface area contributed by atoms with E-state index in [1.165, 1.54) is 18.9 Å². The summed E-state index contributed by atoms with van der Waals surface area (Å²) in [5.74, 6) is -2.14. The first-order chi connectivity index (χ1) is 21.1. The third kappa shape index (κ3) is 7.83. The van der Waals surface area contributed by atoms with Gasteiger partial charge in [0.2, 0.25) is 11.8 Å². The fourth-order valence-corrected chi connectivity index (χ4v) is 5.62. The Labute approximate surface area is 257 Å². The number of rotatable bonds is 11. The van der Waals surface area contributed by atoms with Gasteiger partial charge in [-0.15, -0.1) is 0 Å². The first kappa shape index (κ1) is 32.2. The number of carbonyl (C=O) groups is 5. The highest BCUT2D eigenvalue weighted by Crippen LogP contribution is 2.37. The van der Waals surface area contributed by atoms with Gasteiger partial charge in [0.15, 0.2) is 0 Å². The molecule has 2 aliphatic heterocycles. The molecule has 234 valence electrons. The van der Waals surface area contributed by atoms with Gasteiger partial charge in [0.25, 0.3) is 5.91 Å². The van der Waals surface area contributed by atoms with Crippen LogP contribution in [0.1, 0.15) is 51.2 Å². The average Bonchev–Trinajstić information content (AvgIpc) is 3.46. The predicted molar refractivity (Wildman–Crippen MR) is 162 cm³/mol. The number of amides is 4. The Morgan fingerprint density at radius 3 is 2.16 bits per heavy atom. The van der Waals surface area contributed by atoms with Crippen LogP contribution >= 0.6 is 0 Å². The van der Waals surface area contributed by atoms with Crippen molar-refractivity contribution in [2.24, 2.45) is 5.92 Å². The zero-order chi connectivity index (χ0) is 31.8. The maximum absolute atomic E-state index is 13.9. The number of nitrogens with zero attached hydrogens (tertiary/aromatic N) is 1. The van der Waals surface area contributed by atoms with E-state index in [2.05, 4.69) is 16.0 Å². The van der Waals surface area contributed by atoms with Crippen molar-refractivity contribution in [3.63, 3.8) is 0 Å². The van der Waals surface area contributed by atoms with Gasteiger partial charge >= 0.3 is 12.1 Å². The Hall–Kier alpha value is -4.67. The van der Waals surface area contributed by atoms with Gasteiger partial charge in [-0.2, -0.15) is 0 Å². The summed E-state index contributed by atoms with van der Waals surface area (Å²) in [5.41, 5.74) is 2.54. The zero-order valence-electron chi connectivity index (χ0n) is 25.5. The molecule has 0 unspecified atom stereocenters. The third-order valence-electron chi connectivity index (χ3n) is 8.00. The summed E-state index contributed by atoms with van der Waals surface area (Å²) < 4.78 is 10.2. The number of esters is 1. The molecule has 1 saturated heterocycles. The van der Waals surface area contributed by atoms with Crippen molar-refractivity contribution in [2.75, 3.05) is 7.11 Å². The Morgan fingerprint density at radius 2 is 1.55 bits per heavy atom. The van der Waals surface area contributed by atoms with Gasteiger partial charge in [-0.25, -0.2) is 9.59 Å². The molecule has 0 saturated carbocycles. The topological polar surface area (TPSA) is 143 Å². The Morgan fingerprint density at radius 1 is 0.909 bits per heavy atom. The molecule has 4 amide bonds. The number of hydrogen-bond acceptors (Lipinski definition) is 7. The number of methoxy groups -OCH3 is 1. The van der Waals surface area contributed by atoms with Crippen molar-refractivity contribution in [1.29, 1.82) is 0 Å². The van der Waals surface area contributed by atoms with Crippen molar-refractivity contribution in [2.45, 2.75) is 77.2 Å². The molecule has 1 fully saturated rings. The molecule has 3 N–H and O–H groups in total. The molecule has 2 heterocycles. The summed E-state index contributed by atoms with van der Waals surface area (Å²) >= 11 is 0. The Kier molecular flexibility index (Phi) is 10.8. The van der Waals surface area contributed by atoms with E-state index in [0.717, 1.165) is 16.7 Å². The van der Waals surface area contributed by atoms with E-state index in [1.54, 1.807) is 0 Å². The van der Waals surface area contributed by atoms with Crippen LogP contribution in [0.2, 0.25) is 0 Å². The largest absolute Gasteiger partial charge is 0.467 e. The number of nitrogens with one attached hydrogen (secondary N) is 3. The number of alkyl carbamates (subject to hydrolysis) is 1. The SMILES string of the molecule is COC(=O)[C@H](Cc1ccccc1)NC(=O)[C@@H]1CC[C@H]2CC(C(C)C)=C(NC(=O)[C@H](C)NC(=O)OCc3ccccc3)C(=O)N21. The van der Waals surface area contributed by atoms with Crippen LogP contribution in [0.15, 0.2) is 71.9 Å². The minimum absolute atomic E-state index is 0.0436. The first-order valence-electron chi connectivity index (χ1n) is 14.8. The molecular weight excluding hydrogens is 564 g/mol. The molecule has 0 radical (unpaired) electrons. The van der Waals surface area contributed by atoms with Gasteiger partial charge in [0.1, 0.15) is 30.4 Å². The van der Waals surface area contributed by atoms with Gasteiger partial charge in [0, 0.05) is 12.5 Å². The van der Waals surface area contributed by atoms with Gasteiger partial charge < -0.3 is 30.3 Å². The molecule has 0 aliphatic carbocycles. The maximum atomic E-state index is 13.9. The minimum atomic E-state index is -0.999. The molecule has 44 heavy (non-hydrogen) atoms. The molecule has 0 spiro atoms. The van der Waals surface area contributed by atoms with Crippen LogP contribution in [0, 0.1) is 5.92 Å². The number of carbonyl (C=O) groups excluding carboxylic acids is 5. The molecule has 11 nitrogen and oxygen atoms in total. The Bertz CT molecular complexity index is 1390. The lowest BCUT2D eigenvalue weighted by molar-refractivity contribution is -0.146. The lowest BCUT2D eigenvalue weighted by Crippen LogP contribution is -2.56. The Balaban J connectivity index is 1.43. The van der Waals surface area contributed by atoms with Crippen molar-refractivity contribution in [1.82, 2.24) is 20.9 Å². The van der Waals surface area contributed by atoms with E-state index < -0.39 is 47.9 Å². The van der Waals surface area contributed by atoms with Crippen LogP contribution in [0.4, 0.5) is 4.79 Å². The van der Waals surface area contributed by atoms with E-state index >= 15 is 0 Å². The maximum Gasteiger partial charge on any atom is 0.408 e. The molecule has 0 bridgehead atoms. The molecule has 2 aromatic rings. The molecule has 11 heteroatoms. The minimum Gasteiger partial charge on any atom is -0.467 e. The van der Waals surface area contributed by atoms with E-state index in [-0.39, 0.29) is 30.7 Å². The summed E-state index contributed by atoms with van der Waals surface area (Å²) in [7, 11) is 1.26. The monoisotopic (exact) mass is 604 g/mol. The van der Waals surface area contributed by atoms with E-state index in [9.17, 15) is 24.0 Å². The first-order valence-corrected chi connectivity index (χ1v) is 14.8. The predicted octanol–water partition coefficient (Wildman–Crippen LogP) is 2.99. The average molecular weight is 605 g/mol. The van der Waals surface area contributed by atoms with Crippen molar-refractivity contribution >= 4 is 29.8 Å². The molecule has 2 aromatic carbocycles. The van der Waals surface area contributed by atoms with E-state index in [1.807, 2.05) is 74.5 Å². The number of fused-ring (bicyclic) bond motifs is 1. The van der Waals surface area contributed by atoms with Crippen molar-refractivity contribution < 1.29 is 33.4 Å². The highest BCUT2D eigenvalue weighted by molar-refractivity contribution is 6.03. The van der Waals surface area contributed by atoms with Crippen LogP contribution in [0.5, 0.6) is 0 Å². The second kappa shape index (κ2) is 14.7. The summed E-state index contributed by atoms with van der Waals surface area (Å²) in [6, 6.07) is 15.4. The molecule has 2 aliphatic rings. The van der Waals surface area contributed by atoms with Gasteiger partial charge in [-0.05, 0) is 48.8 Å². The van der Waals surface area contributed by atoms with Crippen LogP contribution in [0.25, 0.3) is 0 Å². The fourth-order valence-electron chi connectivity index (χ4n) is 5.62. The summed E-state index contributed by atoms with van der Waals surface area (Å²) in [4.78, 5) is 67.0. The standard InChI is InChI=1S/C33H40N4O7/c1-20(2)25-18-24-15-16-27(30(39)35-26(32(41)43-4)17-22-11-7-5-8-12-22)37(24)31(40)28(25)36-29(38)21(3)34-33(42)44-19-23-13-9-6-10-14-23/h5-14,20-21,24,26-27H,15-19H2,1-4H3,(H,34,42)(H,35,39)(H,36,38)/t21-,24-,26-,27-/m0/s1. The smallest absolute Gasteiger partial charge is 0.408 e. The zero-order valence-corrected chi connectivity index (χ0v) is 25.5. The van der Waals surface area contributed by atoms with Gasteiger partial charge in [-0.3, -0.25) is 14.4 Å². The lowest BCUT2D eigenvalue weighted by atomic mass is 9.89. The van der Waals surface area contributed by atoms with Crippen LogP contribution < -0.4 is 16.0 Å². The summed E-state index contributed by atoms with van der Waals surface area (Å²) in [5, 5.41) is 8.02. The fraction of sp³-hybridized carbons (Fsp3) is 0.424.